The maximum atomic E-state index is 12.0. The van der Waals surface area contributed by atoms with E-state index >= 15 is 0 Å². The Labute approximate surface area is 137 Å². The van der Waals surface area contributed by atoms with Crippen LogP contribution in [0.15, 0.2) is 50.0 Å². The molecule has 1 aromatic carbocycles. The minimum Gasteiger partial charge on any atom is -0.461 e. The number of aromatic nitrogens is 1. The summed E-state index contributed by atoms with van der Waals surface area (Å²) >= 11 is 0. The summed E-state index contributed by atoms with van der Waals surface area (Å²) in [5.41, 5.74) is 1.56. The van der Waals surface area contributed by atoms with Crippen molar-refractivity contribution in [3.63, 3.8) is 0 Å². The SMILES string of the molecule is CC1CC1c1ccc(C=CC(=O)Nc2ccc3oc(=O)[nH]c3c2)o1. The molecular formula is C18H16N2O4. The van der Waals surface area contributed by atoms with Gasteiger partial charge in [0, 0.05) is 17.7 Å². The number of carbonyl (C=O) groups excluding carboxylic acids is 1. The predicted octanol–water partition coefficient (Wildman–Crippen LogP) is 3.49. The standard InChI is InChI=1S/C18H16N2O4/c1-10-8-13(10)15-6-3-12(23-15)4-7-17(21)19-11-2-5-16-14(9-11)20-18(22)24-16/h2-7,9-10,13H,8H2,1H3,(H,19,21)(H,20,22). The van der Waals surface area contributed by atoms with Crippen molar-refractivity contribution in [2.45, 2.75) is 19.3 Å². The summed E-state index contributed by atoms with van der Waals surface area (Å²) in [4.78, 5) is 25.7. The summed E-state index contributed by atoms with van der Waals surface area (Å²) in [6, 6.07) is 8.78. The van der Waals surface area contributed by atoms with Crippen molar-refractivity contribution in [1.82, 2.24) is 4.98 Å². The smallest absolute Gasteiger partial charge is 0.417 e. The number of H-pyrrole nitrogens is 1. The van der Waals surface area contributed by atoms with Crippen LogP contribution in [0.25, 0.3) is 17.2 Å². The minimum absolute atomic E-state index is 0.280. The summed E-state index contributed by atoms with van der Waals surface area (Å²) in [7, 11) is 0. The van der Waals surface area contributed by atoms with E-state index in [9.17, 15) is 9.59 Å². The second-order valence-corrected chi connectivity index (χ2v) is 6.11. The number of amides is 1. The second-order valence-electron chi connectivity index (χ2n) is 6.11. The maximum Gasteiger partial charge on any atom is 0.417 e. The Balaban J connectivity index is 1.43. The Bertz CT molecular complexity index is 992. The van der Waals surface area contributed by atoms with Gasteiger partial charge in [0.05, 0.1) is 5.52 Å². The third-order valence-corrected chi connectivity index (χ3v) is 4.21. The number of oxazole rings is 1. The van der Waals surface area contributed by atoms with Gasteiger partial charge in [0.15, 0.2) is 5.58 Å². The molecule has 4 rings (SSSR count). The lowest BCUT2D eigenvalue weighted by atomic mass is 10.2. The van der Waals surface area contributed by atoms with E-state index in [2.05, 4.69) is 17.2 Å². The molecule has 0 saturated heterocycles. The number of nitrogens with one attached hydrogen (secondary N) is 2. The molecular weight excluding hydrogens is 308 g/mol. The Morgan fingerprint density at radius 2 is 2.12 bits per heavy atom. The van der Waals surface area contributed by atoms with Gasteiger partial charge in [-0.15, -0.1) is 0 Å². The molecule has 2 aromatic heterocycles. The molecule has 1 fully saturated rings. The molecule has 1 aliphatic carbocycles. The van der Waals surface area contributed by atoms with Crippen molar-refractivity contribution in [2.75, 3.05) is 5.32 Å². The molecule has 122 valence electrons. The zero-order chi connectivity index (χ0) is 16.7. The molecule has 6 heteroatoms. The Kier molecular flexibility index (Phi) is 3.37. The van der Waals surface area contributed by atoms with Crippen molar-refractivity contribution in [2.24, 2.45) is 5.92 Å². The third kappa shape index (κ3) is 2.90. The van der Waals surface area contributed by atoms with Crippen LogP contribution < -0.4 is 11.1 Å². The molecule has 3 aromatic rings. The highest BCUT2D eigenvalue weighted by atomic mass is 16.4. The van der Waals surface area contributed by atoms with E-state index in [4.69, 9.17) is 8.83 Å². The van der Waals surface area contributed by atoms with Crippen molar-refractivity contribution in [3.05, 3.63) is 58.5 Å². The molecule has 1 saturated carbocycles. The molecule has 1 aliphatic rings. The normalized spacial score (nSPS) is 19.9. The van der Waals surface area contributed by atoms with Gasteiger partial charge in [-0.2, -0.15) is 0 Å². The number of aromatic amines is 1. The van der Waals surface area contributed by atoms with E-state index in [-0.39, 0.29) is 5.91 Å². The molecule has 2 heterocycles. The van der Waals surface area contributed by atoms with Crippen LogP contribution in [-0.4, -0.2) is 10.9 Å². The van der Waals surface area contributed by atoms with Crippen molar-refractivity contribution >= 4 is 28.8 Å². The number of fused-ring (bicyclic) bond motifs is 1. The Hall–Kier alpha value is -3.02. The van der Waals surface area contributed by atoms with Crippen molar-refractivity contribution < 1.29 is 13.6 Å². The van der Waals surface area contributed by atoms with Crippen LogP contribution in [0.5, 0.6) is 0 Å². The number of carbonyl (C=O) groups is 1. The monoisotopic (exact) mass is 324 g/mol. The summed E-state index contributed by atoms with van der Waals surface area (Å²) < 4.78 is 10.6. The van der Waals surface area contributed by atoms with Crippen LogP contribution >= 0.6 is 0 Å². The molecule has 0 bridgehead atoms. The quantitative estimate of drug-likeness (QED) is 0.719. The van der Waals surface area contributed by atoms with Gasteiger partial charge in [-0.3, -0.25) is 9.78 Å². The van der Waals surface area contributed by atoms with E-state index in [0.717, 1.165) is 12.2 Å². The van der Waals surface area contributed by atoms with Crippen LogP contribution in [0.3, 0.4) is 0 Å². The highest BCUT2D eigenvalue weighted by Crippen LogP contribution is 2.47. The van der Waals surface area contributed by atoms with Crippen LogP contribution in [0.4, 0.5) is 5.69 Å². The average molecular weight is 324 g/mol. The van der Waals surface area contributed by atoms with Gasteiger partial charge in [-0.1, -0.05) is 6.92 Å². The number of rotatable bonds is 4. The zero-order valence-corrected chi connectivity index (χ0v) is 13.0. The van der Waals surface area contributed by atoms with Gasteiger partial charge in [0.25, 0.3) is 0 Å². The van der Waals surface area contributed by atoms with Crippen LogP contribution in [0, 0.1) is 5.92 Å². The Morgan fingerprint density at radius 3 is 2.92 bits per heavy atom. The zero-order valence-electron chi connectivity index (χ0n) is 13.0. The van der Waals surface area contributed by atoms with Crippen LogP contribution in [0.1, 0.15) is 30.8 Å². The largest absolute Gasteiger partial charge is 0.461 e. The van der Waals surface area contributed by atoms with E-state index < -0.39 is 5.76 Å². The van der Waals surface area contributed by atoms with E-state index in [1.165, 1.54) is 6.08 Å². The fourth-order valence-corrected chi connectivity index (χ4v) is 2.75. The summed E-state index contributed by atoms with van der Waals surface area (Å²) in [6.07, 6.45) is 4.22. The van der Waals surface area contributed by atoms with Gasteiger partial charge in [-0.05, 0) is 48.7 Å². The molecule has 2 atom stereocenters. The summed E-state index contributed by atoms with van der Waals surface area (Å²) in [6.45, 7) is 2.19. The van der Waals surface area contributed by atoms with Gasteiger partial charge in [0.1, 0.15) is 11.5 Å². The van der Waals surface area contributed by atoms with E-state index in [1.807, 2.05) is 12.1 Å². The van der Waals surface area contributed by atoms with Gasteiger partial charge >= 0.3 is 5.76 Å². The number of hydrogen-bond acceptors (Lipinski definition) is 4. The highest BCUT2D eigenvalue weighted by Gasteiger charge is 2.36. The van der Waals surface area contributed by atoms with E-state index in [0.29, 0.717) is 34.4 Å². The van der Waals surface area contributed by atoms with Gasteiger partial charge in [0.2, 0.25) is 5.91 Å². The lowest BCUT2D eigenvalue weighted by Crippen LogP contribution is -2.07. The molecule has 2 unspecified atom stereocenters. The van der Waals surface area contributed by atoms with Gasteiger partial charge in [-0.25, -0.2) is 4.79 Å². The molecule has 0 spiro atoms. The fraction of sp³-hybridized carbons (Fsp3) is 0.222. The van der Waals surface area contributed by atoms with E-state index in [1.54, 1.807) is 24.3 Å². The first-order valence-corrected chi connectivity index (χ1v) is 7.80. The Morgan fingerprint density at radius 1 is 1.29 bits per heavy atom. The van der Waals surface area contributed by atoms with Gasteiger partial charge < -0.3 is 14.2 Å². The lowest BCUT2D eigenvalue weighted by molar-refractivity contribution is -0.111. The van der Waals surface area contributed by atoms with Crippen LogP contribution in [0.2, 0.25) is 0 Å². The topological polar surface area (TPSA) is 88.2 Å². The molecule has 6 nitrogen and oxygen atoms in total. The first kappa shape index (κ1) is 14.6. The average Bonchev–Trinajstić information content (AvgIpc) is 2.97. The number of furan rings is 1. The number of anilines is 1. The maximum absolute atomic E-state index is 12.0. The molecule has 0 radical (unpaired) electrons. The molecule has 24 heavy (non-hydrogen) atoms. The van der Waals surface area contributed by atoms with Crippen molar-refractivity contribution in [3.8, 4) is 0 Å². The summed E-state index contributed by atoms with van der Waals surface area (Å²) in [5, 5.41) is 2.73. The number of benzene rings is 1. The first-order valence-electron chi connectivity index (χ1n) is 7.80. The first-order chi connectivity index (χ1) is 11.6. The molecule has 0 aliphatic heterocycles. The minimum atomic E-state index is -0.521. The molecule has 1 amide bonds. The second kappa shape index (κ2) is 5.56. The van der Waals surface area contributed by atoms with Crippen molar-refractivity contribution in [1.29, 1.82) is 0 Å². The predicted molar refractivity (Wildman–Crippen MR) is 89.7 cm³/mol. The molecule has 2 N–H and O–H groups in total. The lowest BCUT2D eigenvalue weighted by Gasteiger charge is -2.01. The third-order valence-electron chi connectivity index (χ3n) is 4.21. The van der Waals surface area contributed by atoms with Crippen LogP contribution in [-0.2, 0) is 4.79 Å². The number of hydrogen-bond donors (Lipinski definition) is 2. The summed E-state index contributed by atoms with van der Waals surface area (Å²) in [5.74, 6) is 2.04. The fourth-order valence-electron chi connectivity index (χ4n) is 2.75. The highest BCUT2D eigenvalue weighted by molar-refractivity contribution is 6.02.